The third kappa shape index (κ3) is 2.77. The number of fused-ring (bicyclic) bond motifs is 1. The zero-order valence-electron chi connectivity index (χ0n) is 13.3. The zero-order chi connectivity index (χ0) is 15.8. The molecule has 23 heavy (non-hydrogen) atoms. The van der Waals surface area contributed by atoms with Crippen molar-refractivity contribution in [2.24, 2.45) is 0 Å². The molecule has 0 saturated carbocycles. The maximum atomic E-state index is 5.14. The molecule has 8 heteroatoms. The molecule has 0 spiro atoms. The fourth-order valence-electron chi connectivity index (χ4n) is 3.11. The van der Waals surface area contributed by atoms with Crippen LogP contribution in [0.2, 0.25) is 0 Å². The standard InChI is InChI=1S/C15H19N7O/c1-11-8-20(9-13-7-12(2)23-19-13)5-6-21(11)15-4-3-14-17-16-10-22(14)18-15/h3-4,7,10-11H,5-6,8-9H2,1-2H3/t11-/m1/s1. The summed E-state index contributed by atoms with van der Waals surface area (Å²) in [7, 11) is 0. The molecule has 4 heterocycles. The number of aryl methyl sites for hydroxylation is 1. The lowest BCUT2D eigenvalue weighted by Gasteiger charge is -2.40. The molecule has 8 nitrogen and oxygen atoms in total. The maximum absolute atomic E-state index is 5.14. The van der Waals surface area contributed by atoms with Gasteiger partial charge in [0.2, 0.25) is 0 Å². The number of piperazine rings is 1. The summed E-state index contributed by atoms with van der Waals surface area (Å²) in [6, 6.07) is 6.33. The number of anilines is 1. The van der Waals surface area contributed by atoms with Crippen LogP contribution in [-0.2, 0) is 6.54 Å². The fraction of sp³-hybridized carbons (Fsp3) is 0.467. The summed E-state index contributed by atoms with van der Waals surface area (Å²) in [5, 5.41) is 16.5. The fourth-order valence-corrected chi connectivity index (χ4v) is 3.11. The molecular weight excluding hydrogens is 294 g/mol. The van der Waals surface area contributed by atoms with Gasteiger partial charge in [-0.3, -0.25) is 4.90 Å². The van der Waals surface area contributed by atoms with E-state index < -0.39 is 0 Å². The Bertz CT molecular complexity index is 811. The highest BCUT2D eigenvalue weighted by molar-refractivity contribution is 5.46. The first-order valence-corrected chi connectivity index (χ1v) is 7.77. The first kappa shape index (κ1) is 14.1. The molecule has 1 fully saturated rings. The average molecular weight is 313 g/mol. The molecule has 0 aromatic carbocycles. The minimum Gasteiger partial charge on any atom is -0.361 e. The summed E-state index contributed by atoms with van der Waals surface area (Å²) in [4.78, 5) is 4.72. The highest BCUT2D eigenvalue weighted by atomic mass is 16.5. The summed E-state index contributed by atoms with van der Waals surface area (Å²) in [5.74, 6) is 1.82. The predicted molar refractivity (Wildman–Crippen MR) is 84.1 cm³/mol. The third-order valence-electron chi connectivity index (χ3n) is 4.22. The Balaban J connectivity index is 1.46. The Morgan fingerprint density at radius 2 is 2.22 bits per heavy atom. The minimum absolute atomic E-state index is 0.373. The lowest BCUT2D eigenvalue weighted by atomic mass is 10.2. The Kier molecular flexibility index (Phi) is 3.45. The van der Waals surface area contributed by atoms with Crippen molar-refractivity contribution in [1.82, 2.24) is 29.9 Å². The monoisotopic (exact) mass is 313 g/mol. The Morgan fingerprint density at radius 1 is 1.30 bits per heavy atom. The van der Waals surface area contributed by atoms with Crippen LogP contribution in [0.15, 0.2) is 29.0 Å². The lowest BCUT2D eigenvalue weighted by Crippen LogP contribution is -2.52. The van der Waals surface area contributed by atoms with Crippen molar-refractivity contribution in [1.29, 1.82) is 0 Å². The third-order valence-corrected chi connectivity index (χ3v) is 4.22. The zero-order valence-corrected chi connectivity index (χ0v) is 13.3. The molecule has 0 N–H and O–H groups in total. The predicted octanol–water partition coefficient (Wildman–Crippen LogP) is 1.13. The molecule has 1 atom stereocenters. The second-order valence-electron chi connectivity index (χ2n) is 6.03. The van der Waals surface area contributed by atoms with Gasteiger partial charge in [0.25, 0.3) is 0 Å². The number of hydrogen-bond acceptors (Lipinski definition) is 7. The second-order valence-corrected chi connectivity index (χ2v) is 6.03. The first-order valence-electron chi connectivity index (χ1n) is 7.77. The Hall–Kier alpha value is -2.48. The molecule has 4 rings (SSSR count). The number of aromatic nitrogens is 5. The maximum Gasteiger partial charge on any atom is 0.177 e. The summed E-state index contributed by atoms with van der Waals surface area (Å²) < 4.78 is 6.86. The SMILES string of the molecule is Cc1cc(CN2CCN(c3ccc4nncn4n3)[C@H](C)C2)no1. The highest BCUT2D eigenvalue weighted by Crippen LogP contribution is 2.19. The van der Waals surface area contributed by atoms with Gasteiger partial charge in [-0.15, -0.1) is 15.3 Å². The lowest BCUT2D eigenvalue weighted by molar-refractivity contribution is 0.214. The van der Waals surface area contributed by atoms with Gasteiger partial charge < -0.3 is 9.42 Å². The Labute approximate surface area is 133 Å². The number of rotatable bonds is 3. The van der Waals surface area contributed by atoms with E-state index in [1.54, 1.807) is 10.8 Å². The molecule has 1 aliphatic rings. The van der Waals surface area contributed by atoms with Crippen molar-refractivity contribution in [3.8, 4) is 0 Å². The molecular formula is C15H19N7O. The minimum atomic E-state index is 0.373. The van der Waals surface area contributed by atoms with Crippen molar-refractivity contribution in [2.45, 2.75) is 26.4 Å². The Morgan fingerprint density at radius 3 is 3.00 bits per heavy atom. The largest absolute Gasteiger partial charge is 0.361 e. The molecule has 1 saturated heterocycles. The molecule has 120 valence electrons. The highest BCUT2D eigenvalue weighted by Gasteiger charge is 2.25. The van der Waals surface area contributed by atoms with E-state index in [0.717, 1.165) is 49.1 Å². The molecule has 3 aromatic rings. The van der Waals surface area contributed by atoms with Crippen LogP contribution in [0.25, 0.3) is 5.65 Å². The van der Waals surface area contributed by atoms with Crippen LogP contribution in [0, 0.1) is 6.92 Å². The van der Waals surface area contributed by atoms with Crippen molar-refractivity contribution in [2.75, 3.05) is 24.5 Å². The van der Waals surface area contributed by atoms with Crippen LogP contribution in [0.4, 0.5) is 5.82 Å². The van der Waals surface area contributed by atoms with Gasteiger partial charge in [0.05, 0.1) is 5.69 Å². The van der Waals surface area contributed by atoms with Gasteiger partial charge in [-0.2, -0.15) is 4.52 Å². The number of hydrogen-bond donors (Lipinski definition) is 0. The van der Waals surface area contributed by atoms with Gasteiger partial charge >= 0.3 is 0 Å². The molecule has 0 bridgehead atoms. The average Bonchev–Trinajstić information content (AvgIpc) is 3.15. The topological polar surface area (TPSA) is 75.6 Å². The van der Waals surface area contributed by atoms with Crippen molar-refractivity contribution < 1.29 is 4.52 Å². The smallest absolute Gasteiger partial charge is 0.177 e. The van der Waals surface area contributed by atoms with Crippen LogP contribution in [-0.4, -0.2) is 55.5 Å². The summed E-state index contributed by atoms with van der Waals surface area (Å²) in [6.45, 7) is 7.83. The van der Waals surface area contributed by atoms with E-state index in [4.69, 9.17) is 4.52 Å². The van der Waals surface area contributed by atoms with E-state index in [9.17, 15) is 0 Å². The summed E-state index contributed by atoms with van der Waals surface area (Å²) >= 11 is 0. The molecule has 0 radical (unpaired) electrons. The van der Waals surface area contributed by atoms with Crippen LogP contribution in [0.3, 0.4) is 0 Å². The summed E-state index contributed by atoms with van der Waals surface area (Å²) in [5.41, 5.74) is 1.76. The van der Waals surface area contributed by atoms with E-state index >= 15 is 0 Å². The van der Waals surface area contributed by atoms with Gasteiger partial charge in [-0.05, 0) is 26.0 Å². The van der Waals surface area contributed by atoms with Crippen molar-refractivity contribution in [3.05, 3.63) is 36.0 Å². The molecule has 1 aliphatic heterocycles. The van der Waals surface area contributed by atoms with E-state index in [2.05, 4.69) is 37.2 Å². The second kappa shape index (κ2) is 5.62. The van der Waals surface area contributed by atoms with E-state index in [1.165, 1.54) is 0 Å². The summed E-state index contributed by atoms with van der Waals surface area (Å²) in [6.07, 6.45) is 1.63. The first-order chi connectivity index (χ1) is 11.2. The molecule has 0 unspecified atom stereocenters. The normalized spacial score (nSPS) is 19.6. The van der Waals surface area contributed by atoms with Gasteiger partial charge in [0.1, 0.15) is 17.9 Å². The van der Waals surface area contributed by atoms with Gasteiger partial charge in [-0.25, -0.2) is 0 Å². The quantitative estimate of drug-likeness (QED) is 0.717. The van der Waals surface area contributed by atoms with Crippen LogP contribution >= 0.6 is 0 Å². The van der Waals surface area contributed by atoms with Gasteiger partial charge in [0.15, 0.2) is 5.65 Å². The van der Waals surface area contributed by atoms with E-state index in [1.807, 2.05) is 25.1 Å². The molecule has 0 aliphatic carbocycles. The van der Waals surface area contributed by atoms with E-state index in [0.29, 0.717) is 6.04 Å². The van der Waals surface area contributed by atoms with Gasteiger partial charge in [-0.1, -0.05) is 5.16 Å². The van der Waals surface area contributed by atoms with Crippen molar-refractivity contribution >= 4 is 11.5 Å². The van der Waals surface area contributed by atoms with Crippen LogP contribution < -0.4 is 4.90 Å². The van der Waals surface area contributed by atoms with Crippen LogP contribution in [0.1, 0.15) is 18.4 Å². The van der Waals surface area contributed by atoms with Crippen molar-refractivity contribution in [3.63, 3.8) is 0 Å². The molecule has 0 amide bonds. The van der Waals surface area contributed by atoms with Gasteiger partial charge in [0, 0.05) is 38.3 Å². The molecule has 3 aromatic heterocycles. The van der Waals surface area contributed by atoms with E-state index in [-0.39, 0.29) is 0 Å². The van der Waals surface area contributed by atoms with Crippen LogP contribution in [0.5, 0.6) is 0 Å². The number of nitrogens with zero attached hydrogens (tertiary/aromatic N) is 7.